The van der Waals surface area contributed by atoms with Crippen LogP contribution < -0.4 is 10.5 Å². The maximum atomic E-state index is 13.6. The van der Waals surface area contributed by atoms with Gasteiger partial charge in [0.15, 0.2) is 0 Å². The lowest BCUT2D eigenvalue weighted by molar-refractivity contribution is 0.300. The SMILES string of the molecule is Nc1cc(Br)c(F)cc1OCc1ccc(Br)cc1F. The average Bonchev–Trinajstić information content (AvgIpc) is 2.34. The molecule has 0 amide bonds. The molecule has 0 fully saturated rings. The fraction of sp³-hybridized carbons (Fsp3) is 0.0769. The van der Waals surface area contributed by atoms with Gasteiger partial charge in [-0.15, -0.1) is 0 Å². The van der Waals surface area contributed by atoms with Gasteiger partial charge < -0.3 is 10.5 Å². The van der Waals surface area contributed by atoms with Crippen LogP contribution in [0.5, 0.6) is 5.75 Å². The van der Waals surface area contributed by atoms with Gasteiger partial charge in [-0.05, 0) is 34.1 Å². The van der Waals surface area contributed by atoms with Crippen molar-refractivity contribution in [3.8, 4) is 5.75 Å². The van der Waals surface area contributed by atoms with Crippen molar-refractivity contribution in [1.29, 1.82) is 0 Å². The van der Waals surface area contributed by atoms with Gasteiger partial charge in [-0.1, -0.05) is 22.0 Å². The van der Waals surface area contributed by atoms with Gasteiger partial charge in [0.1, 0.15) is 24.0 Å². The van der Waals surface area contributed by atoms with Gasteiger partial charge >= 0.3 is 0 Å². The van der Waals surface area contributed by atoms with E-state index in [2.05, 4.69) is 31.9 Å². The molecule has 2 rings (SSSR count). The summed E-state index contributed by atoms with van der Waals surface area (Å²) in [5.41, 5.74) is 6.34. The highest BCUT2D eigenvalue weighted by atomic mass is 79.9. The molecule has 2 nitrogen and oxygen atoms in total. The van der Waals surface area contributed by atoms with Crippen molar-refractivity contribution < 1.29 is 13.5 Å². The molecule has 0 aromatic heterocycles. The first-order chi connectivity index (χ1) is 8.97. The molecule has 2 N–H and O–H groups in total. The molecule has 0 bridgehead atoms. The largest absolute Gasteiger partial charge is 0.487 e. The number of nitrogens with two attached hydrogens (primary N) is 1. The molecule has 0 aliphatic rings. The third-order valence-electron chi connectivity index (χ3n) is 2.45. The normalized spacial score (nSPS) is 10.5. The van der Waals surface area contributed by atoms with E-state index in [0.29, 0.717) is 10.0 Å². The zero-order chi connectivity index (χ0) is 14.0. The number of hydrogen-bond donors (Lipinski definition) is 1. The van der Waals surface area contributed by atoms with Crippen LogP contribution >= 0.6 is 31.9 Å². The Morgan fingerprint density at radius 3 is 2.47 bits per heavy atom. The molecular weight excluding hydrogens is 384 g/mol. The molecular formula is C13H9Br2F2NO. The summed E-state index contributed by atoms with van der Waals surface area (Å²) in [4.78, 5) is 0. The van der Waals surface area contributed by atoms with Gasteiger partial charge in [0, 0.05) is 16.1 Å². The molecule has 0 atom stereocenters. The smallest absolute Gasteiger partial charge is 0.145 e. The summed E-state index contributed by atoms with van der Waals surface area (Å²) in [6.45, 7) is -0.0234. The molecule has 2 aromatic rings. The first-order valence-corrected chi connectivity index (χ1v) is 6.87. The van der Waals surface area contributed by atoms with E-state index >= 15 is 0 Å². The molecule has 0 spiro atoms. The second kappa shape index (κ2) is 5.88. The third-order valence-corrected chi connectivity index (χ3v) is 3.55. The molecule has 0 radical (unpaired) electrons. The van der Waals surface area contributed by atoms with E-state index in [-0.39, 0.29) is 22.5 Å². The molecule has 6 heteroatoms. The van der Waals surface area contributed by atoms with Crippen molar-refractivity contribution in [1.82, 2.24) is 0 Å². The summed E-state index contributed by atoms with van der Waals surface area (Å²) in [5, 5.41) is 0. The number of benzene rings is 2. The Morgan fingerprint density at radius 1 is 1.05 bits per heavy atom. The highest BCUT2D eigenvalue weighted by Crippen LogP contribution is 2.29. The van der Waals surface area contributed by atoms with E-state index in [1.807, 2.05) is 0 Å². The summed E-state index contributed by atoms with van der Waals surface area (Å²) in [7, 11) is 0. The molecule has 0 heterocycles. The van der Waals surface area contributed by atoms with Gasteiger partial charge in [-0.3, -0.25) is 0 Å². The van der Waals surface area contributed by atoms with Gasteiger partial charge in [0.05, 0.1) is 10.2 Å². The average molecular weight is 393 g/mol. The fourth-order valence-electron chi connectivity index (χ4n) is 1.46. The second-order valence-corrected chi connectivity index (χ2v) is 5.60. The number of nitrogen functional groups attached to an aromatic ring is 1. The number of rotatable bonds is 3. The molecule has 100 valence electrons. The van der Waals surface area contributed by atoms with E-state index in [9.17, 15) is 8.78 Å². The predicted molar refractivity (Wildman–Crippen MR) is 76.9 cm³/mol. The Kier molecular flexibility index (Phi) is 4.42. The Morgan fingerprint density at radius 2 is 1.79 bits per heavy atom. The highest BCUT2D eigenvalue weighted by Gasteiger charge is 2.09. The topological polar surface area (TPSA) is 35.2 Å². The van der Waals surface area contributed by atoms with Crippen LogP contribution in [0.3, 0.4) is 0 Å². The van der Waals surface area contributed by atoms with Crippen LogP contribution in [0.15, 0.2) is 39.3 Å². The zero-order valence-corrected chi connectivity index (χ0v) is 12.8. The van der Waals surface area contributed by atoms with Gasteiger partial charge in [0.25, 0.3) is 0 Å². The van der Waals surface area contributed by atoms with Crippen LogP contribution in [0.1, 0.15) is 5.56 Å². The Labute approximate surface area is 125 Å². The second-order valence-electron chi connectivity index (χ2n) is 3.83. The molecule has 0 aliphatic carbocycles. The van der Waals surface area contributed by atoms with E-state index in [0.717, 1.165) is 6.07 Å². The van der Waals surface area contributed by atoms with Crippen LogP contribution in [0.25, 0.3) is 0 Å². The lowest BCUT2D eigenvalue weighted by atomic mass is 10.2. The van der Waals surface area contributed by atoms with Crippen LogP contribution in [0.4, 0.5) is 14.5 Å². The van der Waals surface area contributed by atoms with Gasteiger partial charge in [-0.2, -0.15) is 0 Å². The monoisotopic (exact) mass is 391 g/mol. The Hall–Kier alpha value is -1.14. The van der Waals surface area contributed by atoms with Crippen molar-refractivity contribution in [2.45, 2.75) is 6.61 Å². The Bertz CT molecular complexity index is 620. The van der Waals surface area contributed by atoms with E-state index in [4.69, 9.17) is 10.5 Å². The minimum absolute atomic E-state index is 0.0234. The maximum absolute atomic E-state index is 13.6. The quantitative estimate of drug-likeness (QED) is 0.771. The van der Waals surface area contributed by atoms with Crippen molar-refractivity contribution in [3.05, 3.63) is 56.5 Å². The lowest BCUT2D eigenvalue weighted by Crippen LogP contribution is -2.01. The van der Waals surface area contributed by atoms with Crippen molar-refractivity contribution >= 4 is 37.5 Å². The maximum Gasteiger partial charge on any atom is 0.145 e. The number of anilines is 1. The van der Waals surface area contributed by atoms with Gasteiger partial charge in [0.2, 0.25) is 0 Å². The van der Waals surface area contributed by atoms with Crippen molar-refractivity contribution in [2.24, 2.45) is 0 Å². The lowest BCUT2D eigenvalue weighted by Gasteiger charge is -2.10. The summed E-state index contributed by atoms with van der Waals surface area (Å²) < 4.78 is 33.2. The molecule has 0 unspecified atom stereocenters. The number of ether oxygens (including phenoxy) is 1. The number of hydrogen-bond acceptors (Lipinski definition) is 2. The molecule has 0 saturated heterocycles. The standard InChI is InChI=1S/C13H9Br2F2NO/c14-8-2-1-7(10(16)3-8)6-19-13-5-11(17)9(15)4-12(13)18/h1-5H,6,18H2. The summed E-state index contributed by atoms with van der Waals surface area (Å²) in [5.74, 6) is -0.700. The van der Waals surface area contributed by atoms with Gasteiger partial charge in [-0.25, -0.2) is 8.78 Å². The molecule has 0 aliphatic heterocycles. The van der Waals surface area contributed by atoms with Crippen molar-refractivity contribution in [2.75, 3.05) is 5.73 Å². The zero-order valence-electron chi connectivity index (χ0n) is 9.59. The van der Waals surface area contributed by atoms with Crippen LogP contribution in [-0.4, -0.2) is 0 Å². The fourth-order valence-corrected chi connectivity index (χ4v) is 2.16. The molecule has 2 aromatic carbocycles. The van der Waals surface area contributed by atoms with E-state index in [1.165, 1.54) is 12.1 Å². The number of halogens is 4. The first-order valence-electron chi connectivity index (χ1n) is 5.28. The minimum Gasteiger partial charge on any atom is -0.487 e. The van der Waals surface area contributed by atoms with Crippen LogP contribution in [0.2, 0.25) is 0 Å². The van der Waals surface area contributed by atoms with E-state index in [1.54, 1.807) is 12.1 Å². The minimum atomic E-state index is -0.486. The van der Waals surface area contributed by atoms with Crippen molar-refractivity contribution in [3.63, 3.8) is 0 Å². The third kappa shape index (κ3) is 3.45. The molecule has 19 heavy (non-hydrogen) atoms. The Balaban J connectivity index is 2.16. The highest BCUT2D eigenvalue weighted by molar-refractivity contribution is 9.10. The van der Waals surface area contributed by atoms with Crippen LogP contribution in [-0.2, 0) is 6.61 Å². The summed E-state index contributed by atoms with van der Waals surface area (Å²) in [6, 6.07) is 7.20. The molecule has 0 saturated carbocycles. The summed E-state index contributed by atoms with van der Waals surface area (Å²) in [6.07, 6.45) is 0. The van der Waals surface area contributed by atoms with E-state index < -0.39 is 11.6 Å². The summed E-state index contributed by atoms with van der Waals surface area (Å²) >= 11 is 6.19. The van der Waals surface area contributed by atoms with Crippen LogP contribution in [0, 0.1) is 11.6 Å². The first kappa shape index (κ1) is 14.3. The predicted octanol–water partition coefficient (Wildman–Crippen LogP) is 4.65.